The highest BCUT2D eigenvalue weighted by Gasteiger charge is 2.18. The molecule has 0 aromatic heterocycles. The van der Waals surface area contributed by atoms with Crippen LogP contribution in [-0.4, -0.2) is 24.5 Å². The zero-order chi connectivity index (χ0) is 12.3. The second-order valence-corrected chi connectivity index (χ2v) is 5.65. The first-order valence-corrected chi connectivity index (χ1v) is 6.84. The number of nitrogens with two attached hydrogens (primary N) is 1. The van der Waals surface area contributed by atoms with Gasteiger partial charge in [0.05, 0.1) is 0 Å². The van der Waals surface area contributed by atoms with Crippen molar-refractivity contribution in [1.29, 1.82) is 0 Å². The third-order valence-electron chi connectivity index (χ3n) is 3.37. The van der Waals surface area contributed by atoms with Crippen LogP contribution in [0.4, 0.5) is 4.39 Å². The topological polar surface area (TPSA) is 29.3 Å². The van der Waals surface area contributed by atoms with Crippen molar-refractivity contribution in [3.8, 4) is 0 Å². The molecule has 0 radical (unpaired) electrons. The molecule has 17 heavy (non-hydrogen) atoms. The molecule has 0 saturated carbocycles. The van der Waals surface area contributed by atoms with Crippen molar-refractivity contribution in [3.05, 3.63) is 34.1 Å². The molecule has 1 aromatic rings. The van der Waals surface area contributed by atoms with E-state index in [1.165, 1.54) is 6.07 Å². The van der Waals surface area contributed by atoms with Gasteiger partial charge in [0.2, 0.25) is 0 Å². The van der Waals surface area contributed by atoms with E-state index >= 15 is 0 Å². The summed E-state index contributed by atoms with van der Waals surface area (Å²) < 4.78 is 14.0. The molecule has 1 aliphatic heterocycles. The minimum absolute atomic E-state index is 0.175. The first-order valence-electron chi connectivity index (χ1n) is 6.05. The third-order valence-corrected chi connectivity index (χ3v) is 3.83. The second kappa shape index (κ2) is 5.94. The summed E-state index contributed by atoms with van der Waals surface area (Å²) in [5.74, 6) is 0.497. The largest absolute Gasteiger partial charge is 0.330 e. The number of rotatable bonds is 3. The average Bonchev–Trinajstić information content (AvgIpc) is 2.28. The Morgan fingerprint density at radius 3 is 2.59 bits per heavy atom. The van der Waals surface area contributed by atoms with Crippen LogP contribution in [-0.2, 0) is 6.54 Å². The highest BCUT2D eigenvalue weighted by Crippen LogP contribution is 2.20. The number of hydrogen-bond acceptors (Lipinski definition) is 2. The van der Waals surface area contributed by atoms with Crippen LogP contribution in [0.1, 0.15) is 18.4 Å². The summed E-state index contributed by atoms with van der Waals surface area (Å²) in [6, 6.07) is 5.09. The van der Waals surface area contributed by atoms with E-state index in [2.05, 4.69) is 20.8 Å². The molecule has 1 saturated heterocycles. The summed E-state index contributed by atoms with van der Waals surface area (Å²) in [6.07, 6.45) is 2.32. The molecule has 0 aliphatic carbocycles. The van der Waals surface area contributed by atoms with Crippen molar-refractivity contribution in [1.82, 2.24) is 4.90 Å². The minimum Gasteiger partial charge on any atom is -0.330 e. The number of piperidine rings is 1. The maximum absolute atomic E-state index is 13.2. The number of halogens is 2. The Balaban J connectivity index is 1.93. The predicted molar refractivity (Wildman–Crippen MR) is 71.2 cm³/mol. The van der Waals surface area contributed by atoms with E-state index in [0.717, 1.165) is 49.1 Å². The molecule has 1 aromatic carbocycles. The summed E-state index contributed by atoms with van der Waals surface area (Å²) in [5, 5.41) is 0. The van der Waals surface area contributed by atoms with Crippen LogP contribution in [0.3, 0.4) is 0 Å². The summed E-state index contributed by atoms with van der Waals surface area (Å²) in [7, 11) is 0. The molecule has 0 unspecified atom stereocenters. The predicted octanol–water partition coefficient (Wildman–Crippen LogP) is 2.76. The molecule has 1 fully saturated rings. The van der Waals surface area contributed by atoms with Gasteiger partial charge in [0.1, 0.15) is 5.82 Å². The van der Waals surface area contributed by atoms with Gasteiger partial charge in [0, 0.05) is 11.0 Å². The molecule has 0 bridgehead atoms. The molecule has 0 spiro atoms. The molecule has 94 valence electrons. The standard InChI is InChI=1S/C13H18BrFN2/c14-12-5-11(6-13(15)7-12)9-17-3-1-10(8-16)2-4-17/h5-7,10H,1-4,8-9,16H2. The van der Waals surface area contributed by atoms with Crippen molar-refractivity contribution >= 4 is 15.9 Å². The molecule has 0 atom stereocenters. The van der Waals surface area contributed by atoms with E-state index in [1.807, 2.05) is 6.07 Å². The summed E-state index contributed by atoms with van der Waals surface area (Å²) in [5.41, 5.74) is 6.70. The number of likely N-dealkylation sites (tertiary alicyclic amines) is 1. The van der Waals surface area contributed by atoms with E-state index in [1.54, 1.807) is 6.07 Å². The normalized spacial score (nSPS) is 18.5. The molecule has 1 heterocycles. The third kappa shape index (κ3) is 3.76. The van der Waals surface area contributed by atoms with Crippen molar-refractivity contribution in [3.63, 3.8) is 0 Å². The van der Waals surface area contributed by atoms with E-state index in [0.29, 0.717) is 5.92 Å². The maximum atomic E-state index is 13.2. The zero-order valence-electron chi connectivity index (χ0n) is 9.83. The van der Waals surface area contributed by atoms with Gasteiger partial charge in [-0.2, -0.15) is 0 Å². The van der Waals surface area contributed by atoms with Crippen LogP contribution >= 0.6 is 15.9 Å². The Kier molecular flexibility index (Phi) is 4.54. The fourth-order valence-electron chi connectivity index (χ4n) is 2.34. The summed E-state index contributed by atoms with van der Waals surface area (Å²) in [4.78, 5) is 2.37. The van der Waals surface area contributed by atoms with E-state index in [-0.39, 0.29) is 5.82 Å². The first kappa shape index (κ1) is 13.0. The van der Waals surface area contributed by atoms with Crippen molar-refractivity contribution < 1.29 is 4.39 Å². The molecule has 1 aliphatic rings. The lowest BCUT2D eigenvalue weighted by molar-refractivity contribution is 0.180. The van der Waals surface area contributed by atoms with Gasteiger partial charge in [-0.1, -0.05) is 15.9 Å². The molecule has 2 rings (SSSR count). The monoisotopic (exact) mass is 300 g/mol. The SMILES string of the molecule is NCC1CCN(Cc2cc(F)cc(Br)c2)CC1. The highest BCUT2D eigenvalue weighted by atomic mass is 79.9. The van der Waals surface area contributed by atoms with Crippen LogP contribution in [0, 0.1) is 11.7 Å². The molecular formula is C13H18BrFN2. The number of benzene rings is 1. The highest BCUT2D eigenvalue weighted by molar-refractivity contribution is 9.10. The Morgan fingerprint density at radius 1 is 1.29 bits per heavy atom. The van der Waals surface area contributed by atoms with Gasteiger partial charge in [0.25, 0.3) is 0 Å². The van der Waals surface area contributed by atoms with Crippen LogP contribution in [0.2, 0.25) is 0 Å². The van der Waals surface area contributed by atoms with Gasteiger partial charge in [-0.05, 0) is 62.2 Å². The summed E-state index contributed by atoms with van der Waals surface area (Å²) >= 11 is 3.32. The van der Waals surface area contributed by atoms with Crippen LogP contribution in [0.15, 0.2) is 22.7 Å². The van der Waals surface area contributed by atoms with Crippen molar-refractivity contribution in [2.75, 3.05) is 19.6 Å². The first-order chi connectivity index (χ1) is 8.17. The smallest absolute Gasteiger partial charge is 0.124 e. The average molecular weight is 301 g/mol. The molecule has 4 heteroatoms. The molecule has 0 amide bonds. The van der Waals surface area contributed by atoms with Gasteiger partial charge in [-0.25, -0.2) is 4.39 Å². The van der Waals surface area contributed by atoms with Gasteiger partial charge in [0.15, 0.2) is 0 Å². The lowest BCUT2D eigenvalue weighted by Gasteiger charge is -2.31. The Bertz CT molecular complexity index is 355. The van der Waals surface area contributed by atoms with Crippen LogP contribution in [0.25, 0.3) is 0 Å². The molecule has 2 N–H and O–H groups in total. The number of nitrogens with zero attached hydrogens (tertiary/aromatic N) is 1. The Hall–Kier alpha value is -0.450. The van der Waals surface area contributed by atoms with Gasteiger partial charge < -0.3 is 5.73 Å². The Morgan fingerprint density at radius 2 is 2.00 bits per heavy atom. The molecular weight excluding hydrogens is 283 g/mol. The van der Waals surface area contributed by atoms with Crippen molar-refractivity contribution in [2.24, 2.45) is 11.7 Å². The quantitative estimate of drug-likeness (QED) is 0.930. The lowest BCUT2D eigenvalue weighted by atomic mass is 9.97. The lowest BCUT2D eigenvalue weighted by Crippen LogP contribution is -2.35. The fraction of sp³-hybridized carbons (Fsp3) is 0.538. The summed E-state index contributed by atoms with van der Waals surface area (Å²) in [6.45, 7) is 3.75. The van der Waals surface area contributed by atoms with E-state index in [9.17, 15) is 4.39 Å². The fourth-order valence-corrected chi connectivity index (χ4v) is 2.85. The van der Waals surface area contributed by atoms with Gasteiger partial charge >= 0.3 is 0 Å². The molecule has 2 nitrogen and oxygen atoms in total. The zero-order valence-corrected chi connectivity index (χ0v) is 11.4. The Labute approximate surface area is 110 Å². The maximum Gasteiger partial charge on any atom is 0.124 e. The van der Waals surface area contributed by atoms with E-state index < -0.39 is 0 Å². The van der Waals surface area contributed by atoms with Gasteiger partial charge in [-0.15, -0.1) is 0 Å². The van der Waals surface area contributed by atoms with Crippen LogP contribution < -0.4 is 5.73 Å². The number of hydrogen-bond donors (Lipinski definition) is 1. The van der Waals surface area contributed by atoms with E-state index in [4.69, 9.17) is 5.73 Å². The van der Waals surface area contributed by atoms with Gasteiger partial charge in [-0.3, -0.25) is 4.90 Å². The van der Waals surface area contributed by atoms with Crippen LogP contribution in [0.5, 0.6) is 0 Å². The minimum atomic E-state index is -0.175. The second-order valence-electron chi connectivity index (χ2n) is 4.73. The van der Waals surface area contributed by atoms with Crippen molar-refractivity contribution in [2.45, 2.75) is 19.4 Å².